The number of sulfonamides is 1. The number of hydrogen-bond acceptors (Lipinski definition) is 7. The summed E-state index contributed by atoms with van der Waals surface area (Å²) in [5, 5.41) is 15.0. The molecule has 4 rings (SSSR count). The number of hydrogen-bond donors (Lipinski definition) is 1. The second kappa shape index (κ2) is 8.56. The van der Waals surface area contributed by atoms with Crippen molar-refractivity contribution in [3.63, 3.8) is 0 Å². The summed E-state index contributed by atoms with van der Waals surface area (Å²) in [6.07, 6.45) is 0.940. The van der Waals surface area contributed by atoms with Gasteiger partial charge in [-0.25, -0.2) is 13.1 Å². The van der Waals surface area contributed by atoms with E-state index in [1.807, 2.05) is 6.07 Å². The zero-order valence-corrected chi connectivity index (χ0v) is 18.7. The lowest BCUT2D eigenvalue weighted by atomic mass is 9.95. The molecule has 1 aromatic carbocycles. The van der Waals surface area contributed by atoms with Crippen LogP contribution in [0.1, 0.15) is 28.3 Å². The predicted octanol–water partition coefficient (Wildman–Crippen LogP) is 4.03. The molecular formula is C20H21N3O4S3. The van der Waals surface area contributed by atoms with Crippen LogP contribution in [0, 0.1) is 10.1 Å². The van der Waals surface area contributed by atoms with Gasteiger partial charge in [-0.3, -0.25) is 15.0 Å². The van der Waals surface area contributed by atoms with Crippen molar-refractivity contribution in [1.82, 2.24) is 9.62 Å². The van der Waals surface area contributed by atoms with Crippen LogP contribution in [-0.4, -0.2) is 37.4 Å². The molecule has 3 aromatic rings. The Morgan fingerprint density at radius 3 is 2.60 bits per heavy atom. The first-order valence-electron chi connectivity index (χ1n) is 9.46. The highest BCUT2D eigenvalue weighted by Gasteiger charge is 2.34. The average molecular weight is 464 g/mol. The molecular weight excluding hydrogens is 442 g/mol. The van der Waals surface area contributed by atoms with Crippen molar-refractivity contribution in [2.45, 2.75) is 30.3 Å². The molecule has 0 fully saturated rings. The summed E-state index contributed by atoms with van der Waals surface area (Å²) in [4.78, 5) is 15.2. The minimum atomic E-state index is -3.74. The van der Waals surface area contributed by atoms with Crippen LogP contribution in [0.3, 0.4) is 0 Å². The Labute approximate surface area is 183 Å². The molecule has 10 heteroatoms. The van der Waals surface area contributed by atoms with E-state index in [2.05, 4.69) is 39.4 Å². The fraction of sp³-hybridized carbons (Fsp3) is 0.300. The van der Waals surface area contributed by atoms with E-state index in [9.17, 15) is 18.5 Å². The van der Waals surface area contributed by atoms with Gasteiger partial charge < -0.3 is 0 Å². The van der Waals surface area contributed by atoms with Crippen LogP contribution in [-0.2, 0) is 16.4 Å². The summed E-state index contributed by atoms with van der Waals surface area (Å²) < 4.78 is 27.9. The topological polar surface area (TPSA) is 92.6 Å². The molecule has 0 unspecified atom stereocenters. The first-order chi connectivity index (χ1) is 14.4. The summed E-state index contributed by atoms with van der Waals surface area (Å²) in [7, 11) is -3.74. The number of nitrogens with zero attached hydrogens (tertiary/aromatic N) is 2. The summed E-state index contributed by atoms with van der Waals surface area (Å²) in [5.41, 5.74) is 1.23. The highest BCUT2D eigenvalue weighted by Crippen LogP contribution is 2.42. The maximum atomic E-state index is 12.6. The van der Waals surface area contributed by atoms with Crippen LogP contribution in [0.2, 0.25) is 0 Å². The van der Waals surface area contributed by atoms with E-state index in [1.54, 1.807) is 22.7 Å². The van der Waals surface area contributed by atoms with E-state index in [-0.39, 0.29) is 29.2 Å². The zero-order valence-electron chi connectivity index (χ0n) is 16.2. The minimum absolute atomic E-state index is 0.0233. The molecule has 0 spiro atoms. The lowest BCUT2D eigenvalue weighted by molar-refractivity contribution is -0.384. The van der Waals surface area contributed by atoms with Crippen LogP contribution in [0.5, 0.6) is 0 Å². The molecule has 7 nitrogen and oxygen atoms in total. The summed E-state index contributed by atoms with van der Waals surface area (Å²) in [5.74, 6) is 0. The monoisotopic (exact) mass is 463 g/mol. The van der Waals surface area contributed by atoms with Crippen LogP contribution >= 0.6 is 22.7 Å². The van der Waals surface area contributed by atoms with Crippen LogP contribution in [0.25, 0.3) is 0 Å². The molecule has 1 aliphatic rings. The van der Waals surface area contributed by atoms with E-state index in [1.165, 1.54) is 39.6 Å². The molecule has 2 atom stereocenters. The van der Waals surface area contributed by atoms with E-state index < -0.39 is 14.9 Å². The first-order valence-corrected chi connectivity index (χ1v) is 12.7. The first kappa shape index (κ1) is 21.1. The average Bonchev–Trinajstić information content (AvgIpc) is 3.40. The molecule has 2 aromatic heterocycles. The van der Waals surface area contributed by atoms with Gasteiger partial charge in [-0.05, 0) is 53.9 Å². The fourth-order valence-electron chi connectivity index (χ4n) is 3.83. The summed E-state index contributed by atoms with van der Waals surface area (Å²) in [6, 6.07) is 11.7. The highest BCUT2D eigenvalue weighted by atomic mass is 32.2. The Morgan fingerprint density at radius 2 is 1.93 bits per heavy atom. The molecule has 0 saturated carbocycles. The molecule has 0 amide bonds. The number of nitro benzene ring substituents is 1. The third-order valence-corrected chi connectivity index (χ3v) is 8.69. The number of rotatable bonds is 7. The van der Waals surface area contributed by atoms with Gasteiger partial charge in [-0.1, -0.05) is 6.07 Å². The Hall–Kier alpha value is -2.11. The second-order valence-corrected chi connectivity index (χ2v) is 10.9. The summed E-state index contributed by atoms with van der Waals surface area (Å²) in [6.45, 7) is 2.99. The lowest BCUT2D eigenvalue weighted by Crippen LogP contribution is -2.45. The summed E-state index contributed by atoms with van der Waals surface area (Å²) >= 11 is 3.46. The lowest BCUT2D eigenvalue weighted by Gasteiger charge is -2.40. The van der Waals surface area contributed by atoms with Crippen LogP contribution in [0.15, 0.2) is 58.1 Å². The van der Waals surface area contributed by atoms with Crippen molar-refractivity contribution in [3.05, 3.63) is 78.7 Å². The Balaban J connectivity index is 1.49. The highest BCUT2D eigenvalue weighted by molar-refractivity contribution is 7.89. The van der Waals surface area contributed by atoms with Gasteiger partial charge in [-0.15, -0.1) is 22.7 Å². The van der Waals surface area contributed by atoms with Gasteiger partial charge in [0.05, 0.1) is 15.9 Å². The normalized spacial score (nSPS) is 19.5. The van der Waals surface area contributed by atoms with E-state index >= 15 is 0 Å². The van der Waals surface area contributed by atoms with E-state index in [4.69, 9.17) is 0 Å². The van der Waals surface area contributed by atoms with Crippen molar-refractivity contribution in [2.75, 3.05) is 13.1 Å². The van der Waals surface area contributed by atoms with Crippen molar-refractivity contribution in [1.29, 1.82) is 0 Å². The van der Waals surface area contributed by atoms with Gasteiger partial charge in [0.15, 0.2) is 0 Å². The number of nitro groups is 1. The Bertz CT molecular complexity index is 1120. The molecule has 1 N–H and O–H groups in total. The minimum Gasteiger partial charge on any atom is -0.287 e. The molecule has 30 heavy (non-hydrogen) atoms. The largest absolute Gasteiger partial charge is 0.287 e. The number of thiophene rings is 2. The van der Waals surface area contributed by atoms with Crippen molar-refractivity contribution in [3.8, 4) is 0 Å². The van der Waals surface area contributed by atoms with Gasteiger partial charge in [-0.2, -0.15) is 0 Å². The maximum absolute atomic E-state index is 12.6. The third-order valence-electron chi connectivity index (χ3n) is 5.27. The smallest absolute Gasteiger partial charge is 0.269 e. The fourth-order valence-corrected chi connectivity index (χ4v) is 6.85. The van der Waals surface area contributed by atoms with Crippen molar-refractivity contribution >= 4 is 38.4 Å². The van der Waals surface area contributed by atoms with Gasteiger partial charge >= 0.3 is 0 Å². The molecule has 0 radical (unpaired) electrons. The van der Waals surface area contributed by atoms with Gasteiger partial charge in [0, 0.05) is 41.0 Å². The predicted molar refractivity (Wildman–Crippen MR) is 119 cm³/mol. The number of nitrogens with one attached hydrogen (secondary N) is 1. The van der Waals surface area contributed by atoms with Gasteiger partial charge in [0.25, 0.3) is 5.69 Å². The number of fused-ring (bicyclic) bond motifs is 1. The molecule has 1 aliphatic heterocycles. The van der Waals surface area contributed by atoms with E-state index in [0.717, 1.165) is 6.42 Å². The van der Waals surface area contributed by atoms with Crippen molar-refractivity contribution < 1.29 is 13.3 Å². The maximum Gasteiger partial charge on any atom is 0.269 e. The molecule has 0 saturated heterocycles. The van der Waals surface area contributed by atoms with Gasteiger partial charge in [0.1, 0.15) is 0 Å². The van der Waals surface area contributed by atoms with Crippen LogP contribution in [0.4, 0.5) is 5.69 Å². The number of benzene rings is 1. The Kier molecular flexibility index (Phi) is 6.03. The molecule has 3 heterocycles. The Morgan fingerprint density at radius 1 is 1.17 bits per heavy atom. The third kappa shape index (κ3) is 4.19. The van der Waals surface area contributed by atoms with Crippen LogP contribution < -0.4 is 4.72 Å². The van der Waals surface area contributed by atoms with E-state index in [0.29, 0.717) is 6.54 Å². The zero-order chi connectivity index (χ0) is 21.3. The molecule has 158 valence electrons. The second-order valence-electron chi connectivity index (χ2n) is 7.17. The number of non-ortho nitro benzene ring substituents is 1. The standard InChI is InChI=1S/C20H21N3O4S3/c1-14-13-15-8-12-29-20(15)19(18-3-2-11-28-18)22(14)10-9-21-30(26,27)17-6-4-16(5-7-17)23(24)25/h2-8,11-12,14,19,21H,9-10,13H2,1H3/t14-,19+/m1/s1. The molecule has 0 bridgehead atoms. The quantitative estimate of drug-likeness (QED) is 0.422. The van der Waals surface area contributed by atoms with Crippen molar-refractivity contribution in [2.24, 2.45) is 0 Å². The van der Waals surface area contributed by atoms with Gasteiger partial charge in [0.2, 0.25) is 10.0 Å². The molecule has 0 aliphatic carbocycles. The SMILES string of the molecule is C[C@@H]1Cc2ccsc2[C@H](c2cccs2)N1CCNS(=O)(=O)c1ccc([N+](=O)[O-])cc1.